The third-order valence-corrected chi connectivity index (χ3v) is 3.93. The van der Waals surface area contributed by atoms with E-state index >= 15 is 0 Å². The van der Waals surface area contributed by atoms with E-state index < -0.39 is 12.4 Å². The van der Waals surface area contributed by atoms with Crippen LogP contribution in [-0.2, 0) is 9.47 Å². The third kappa shape index (κ3) is 2.91. The Bertz CT molecular complexity index is 531. The second-order valence-corrected chi connectivity index (χ2v) is 5.30. The summed E-state index contributed by atoms with van der Waals surface area (Å²) in [4.78, 5) is 15.0. The monoisotopic (exact) mass is 314 g/mol. The molecule has 0 spiro atoms. The van der Waals surface area contributed by atoms with E-state index in [-0.39, 0.29) is 18.6 Å². The standard InChI is InChI=1S/C14H16ClFN2O3/c15-7-12-8-18(14(19)21-12)11-3-1-2-10(6-11)17-4-5-20-9-13(17)16/h1-3,6,12-13H,4-5,7-9H2/t12-,13?/m1/s1. The number of anilines is 2. The Hall–Kier alpha value is -1.53. The number of carbonyl (C=O) groups is 1. The number of benzene rings is 1. The number of amides is 1. The van der Waals surface area contributed by atoms with Gasteiger partial charge >= 0.3 is 6.09 Å². The number of morpholine rings is 1. The second kappa shape index (κ2) is 6.07. The summed E-state index contributed by atoms with van der Waals surface area (Å²) in [6.07, 6.45) is -1.90. The lowest BCUT2D eigenvalue weighted by Gasteiger charge is -2.32. The van der Waals surface area contributed by atoms with Crippen LogP contribution in [0.15, 0.2) is 24.3 Å². The Kier molecular flexibility index (Phi) is 4.17. The summed E-state index contributed by atoms with van der Waals surface area (Å²) in [5, 5.41) is 0. The lowest BCUT2D eigenvalue weighted by atomic mass is 10.2. The molecule has 1 amide bonds. The molecule has 1 aromatic carbocycles. The van der Waals surface area contributed by atoms with Crippen molar-refractivity contribution in [1.29, 1.82) is 0 Å². The van der Waals surface area contributed by atoms with E-state index in [1.54, 1.807) is 23.1 Å². The van der Waals surface area contributed by atoms with Gasteiger partial charge in [-0.05, 0) is 18.2 Å². The fourth-order valence-electron chi connectivity index (χ4n) is 2.52. The first-order valence-electron chi connectivity index (χ1n) is 6.81. The number of hydrogen-bond acceptors (Lipinski definition) is 4. The zero-order chi connectivity index (χ0) is 14.8. The Morgan fingerprint density at radius 1 is 1.38 bits per heavy atom. The van der Waals surface area contributed by atoms with Gasteiger partial charge in [0.05, 0.1) is 25.6 Å². The van der Waals surface area contributed by atoms with Crippen LogP contribution in [0.1, 0.15) is 0 Å². The predicted octanol–water partition coefficient (Wildman–Crippen LogP) is 2.38. The highest BCUT2D eigenvalue weighted by Gasteiger charge is 2.32. The van der Waals surface area contributed by atoms with Gasteiger partial charge in [-0.25, -0.2) is 9.18 Å². The lowest BCUT2D eigenvalue weighted by molar-refractivity contribution is 0.0497. The molecule has 21 heavy (non-hydrogen) atoms. The van der Waals surface area contributed by atoms with Crippen LogP contribution in [-0.4, -0.2) is 50.7 Å². The fraction of sp³-hybridized carbons (Fsp3) is 0.500. The van der Waals surface area contributed by atoms with E-state index in [0.717, 1.165) is 5.69 Å². The van der Waals surface area contributed by atoms with Gasteiger partial charge in [0.2, 0.25) is 0 Å². The maximum Gasteiger partial charge on any atom is 0.414 e. The lowest BCUT2D eigenvalue weighted by Crippen LogP contribution is -2.42. The van der Waals surface area contributed by atoms with Crippen molar-refractivity contribution in [3.8, 4) is 0 Å². The number of halogens is 2. The molecule has 2 aliphatic heterocycles. The molecule has 2 aliphatic rings. The molecular weight excluding hydrogens is 299 g/mol. The molecule has 0 saturated carbocycles. The van der Waals surface area contributed by atoms with Gasteiger partial charge < -0.3 is 14.4 Å². The average Bonchev–Trinajstić information content (AvgIpc) is 2.89. The molecule has 1 unspecified atom stereocenters. The number of carbonyl (C=O) groups excluding carboxylic acids is 1. The van der Waals surface area contributed by atoms with Crippen molar-refractivity contribution >= 4 is 29.1 Å². The third-order valence-electron chi connectivity index (χ3n) is 3.59. The topological polar surface area (TPSA) is 42.0 Å². The van der Waals surface area contributed by atoms with Gasteiger partial charge in [-0.1, -0.05) is 6.07 Å². The van der Waals surface area contributed by atoms with E-state index in [0.29, 0.717) is 25.4 Å². The molecule has 0 radical (unpaired) electrons. The van der Waals surface area contributed by atoms with Gasteiger partial charge in [-0.3, -0.25) is 4.90 Å². The van der Waals surface area contributed by atoms with Gasteiger partial charge in [0.1, 0.15) is 6.10 Å². The van der Waals surface area contributed by atoms with E-state index in [2.05, 4.69) is 0 Å². The number of cyclic esters (lactones) is 1. The van der Waals surface area contributed by atoms with Crippen molar-refractivity contribution in [2.45, 2.75) is 12.4 Å². The highest BCUT2D eigenvalue weighted by molar-refractivity contribution is 6.18. The van der Waals surface area contributed by atoms with Crippen LogP contribution in [0.4, 0.5) is 20.6 Å². The second-order valence-electron chi connectivity index (χ2n) is 4.99. The van der Waals surface area contributed by atoms with E-state index in [4.69, 9.17) is 21.1 Å². The zero-order valence-corrected chi connectivity index (χ0v) is 12.1. The summed E-state index contributed by atoms with van der Waals surface area (Å²) < 4.78 is 24.1. The molecule has 0 N–H and O–H groups in total. The number of nitrogens with zero attached hydrogens (tertiary/aromatic N) is 2. The maximum absolute atomic E-state index is 13.9. The van der Waals surface area contributed by atoms with Crippen molar-refractivity contribution in [2.75, 3.05) is 42.0 Å². The molecule has 2 atom stereocenters. The highest BCUT2D eigenvalue weighted by Crippen LogP contribution is 2.28. The van der Waals surface area contributed by atoms with Gasteiger partial charge in [0, 0.05) is 17.9 Å². The molecule has 1 aromatic rings. The summed E-state index contributed by atoms with van der Waals surface area (Å²) in [6, 6.07) is 7.21. The molecule has 2 fully saturated rings. The first-order valence-corrected chi connectivity index (χ1v) is 7.35. The minimum atomic E-state index is -1.17. The number of ether oxygens (including phenoxy) is 2. The van der Waals surface area contributed by atoms with Crippen LogP contribution in [0.5, 0.6) is 0 Å². The molecule has 0 aliphatic carbocycles. The van der Waals surface area contributed by atoms with Crippen molar-refractivity contribution in [3.63, 3.8) is 0 Å². The molecular formula is C14H16ClFN2O3. The minimum absolute atomic E-state index is 0.0598. The van der Waals surface area contributed by atoms with Crippen LogP contribution >= 0.6 is 11.6 Å². The van der Waals surface area contributed by atoms with Crippen molar-refractivity contribution in [2.24, 2.45) is 0 Å². The van der Waals surface area contributed by atoms with Crippen molar-refractivity contribution in [1.82, 2.24) is 0 Å². The highest BCUT2D eigenvalue weighted by atomic mass is 35.5. The van der Waals surface area contributed by atoms with Crippen LogP contribution in [0.3, 0.4) is 0 Å². The first kappa shape index (κ1) is 14.4. The Balaban J connectivity index is 1.81. The van der Waals surface area contributed by atoms with Crippen molar-refractivity contribution < 1.29 is 18.7 Å². The molecule has 0 bridgehead atoms. The largest absolute Gasteiger partial charge is 0.443 e. The van der Waals surface area contributed by atoms with Gasteiger partial charge in [-0.15, -0.1) is 11.6 Å². The van der Waals surface area contributed by atoms with Gasteiger partial charge in [0.15, 0.2) is 6.30 Å². The molecule has 5 nitrogen and oxygen atoms in total. The summed E-state index contributed by atoms with van der Waals surface area (Å²) in [6.45, 7) is 1.45. The number of hydrogen-bond donors (Lipinski definition) is 0. The summed E-state index contributed by atoms with van der Waals surface area (Å²) in [5.41, 5.74) is 1.41. The van der Waals surface area contributed by atoms with Crippen LogP contribution in [0.2, 0.25) is 0 Å². The smallest absolute Gasteiger partial charge is 0.414 e. The minimum Gasteiger partial charge on any atom is -0.443 e. The molecule has 2 heterocycles. The summed E-state index contributed by atoms with van der Waals surface area (Å²) in [7, 11) is 0. The van der Waals surface area contributed by atoms with E-state index in [1.165, 1.54) is 4.90 Å². The molecule has 2 saturated heterocycles. The SMILES string of the molecule is O=C1O[C@H](CCl)CN1c1cccc(N2CCOCC2F)c1. The Labute approximate surface area is 127 Å². The van der Waals surface area contributed by atoms with E-state index in [9.17, 15) is 9.18 Å². The fourth-order valence-corrected chi connectivity index (χ4v) is 2.68. The van der Waals surface area contributed by atoms with Gasteiger partial charge in [-0.2, -0.15) is 0 Å². The Morgan fingerprint density at radius 3 is 2.90 bits per heavy atom. The molecule has 114 valence electrons. The van der Waals surface area contributed by atoms with Gasteiger partial charge in [0.25, 0.3) is 0 Å². The van der Waals surface area contributed by atoms with Crippen LogP contribution in [0, 0.1) is 0 Å². The number of alkyl halides is 2. The maximum atomic E-state index is 13.9. The summed E-state index contributed by atoms with van der Waals surface area (Å²) >= 11 is 5.72. The first-order chi connectivity index (χ1) is 10.2. The van der Waals surface area contributed by atoms with E-state index in [1.807, 2.05) is 6.07 Å². The number of rotatable bonds is 3. The zero-order valence-electron chi connectivity index (χ0n) is 11.4. The predicted molar refractivity (Wildman–Crippen MR) is 77.8 cm³/mol. The average molecular weight is 315 g/mol. The Morgan fingerprint density at radius 2 is 2.19 bits per heavy atom. The van der Waals surface area contributed by atoms with Crippen molar-refractivity contribution in [3.05, 3.63) is 24.3 Å². The van der Waals surface area contributed by atoms with Crippen LogP contribution < -0.4 is 9.80 Å². The quantitative estimate of drug-likeness (QED) is 0.634. The normalized spacial score (nSPS) is 26.1. The van der Waals surface area contributed by atoms with Crippen LogP contribution in [0.25, 0.3) is 0 Å². The molecule has 3 rings (SSSR count). The molecule has 7 heteroatoms. The summed E-state index contributed by atoms with van der Waals surface area (Å²) in [5.74, 6) is 0.262. The molecule has 0 aromatic heterocycles.